The molecule has 0 aromatic carbocycles. The summed E-state index contributed by atoms with van der Waals surface area (Å²) in [6, 6.07) is 0. The molecule has 0 bridgehead atoms. The Morgan fingerprint density at radius 3 is 3.10 bits per heavy atom. The minimum Gasteiger partial charge on any atom is -0.394 e. The average Bonchev–Trinajstić information content (AvgIpc) is 2.96. The van der Waals surface area contributed by atoms with Crippen LogP contribution in [0.3, 0.4) is 0 Å². The van der Waals surface area contributed by atoms with Crippen LogP contribution in [0.4, 0.5) is 5.95 Å². The average molecular weight is 281 g/mol. The van der Waals surface area contributed by atoms with Crippen LogP contribution < -0.4 is 11.0 Å². The molecule has 4 N–H and O–H groups in total. The lowest BCUT2D eigenvalue weighted by Gasteiger charge is -2.13. The van der Waals surface area contributed by atoms with Gasteiger partial charge < -0.3 is 25.3 Å². The van der Waals surface area contributed by atoms with Gasteiger partial charge in [-0.3, -0.25) is 0 Å². The van der Waals surface area contributed by atoms with Crippen molar-refractivity contribution < 1.29 is 14.9 Å². The Morgan fingerprint density at radius 1 is 1.65 bits per heavy atom. The standard InChI is InChI=1S/C11H15N5O4/c1-12-10-13-3-5-9(15-10)16(11(19)14-5)8-2-6(18)7(4-17)20-8/h3,6-8,17-18H,2,4H2,1H3,(H,14,19)(H,12,13,15)/t6-,7+,8-/m1/s1. The number of hydrogen-bond donors (Lipinski definition) is 4. The number of nitrogens with one attached hydrogen (secondary N) is 2. The molecule has 1 aliphatic rings. The van der Waals surface area contributed by atoms with E-state index in [1.807, 2.05) is 0 Å². The van der Waals surface area contributed by atoms with Crippen molar-refractivity contribution in [1.82, 2.24) is 19.5 Å². The third kappa shape index (κ3) is 1.96. The molecule has 0 radical (unpaired) electrons. The van der Waals surface area contributed by atoms with Crippen LogP contribution in [0, 0.1) is 0 Å². The van der Waals surface area contributed by atoms with Crippen LogP contribution in [0.1, 0.15) is 12.6 Å². The molecule has 0 aliphatic carbocycles. The summed E-state index contributed by atoms with van der Waals surface area (Å²) in [5.74, 6) is 0.377. The van der Waals surface area contributed by atoms with Gasteiger partial charge in [0.25, 0.3) is 0 Å². The zero-order valence-corrected chi connectivity index (χ0v) is 10.8. The number of nitrogens with zero attached hydrogens (tertiary/aromatic N) is 3. The van der Waals surface area contributed by atoms with E-state index in [0.29, 0.717) is 17.1 Å². The van der Waals surface area contributed by atoms with Crippen molar-refractivity contribution in [2.24, 2.45) is 0 Å². The Kier molecular flexibility index (Phi) is 3.16. The highest BCUT2D eigenvalue weighted by atomic mass is 16.5. The molecule has 1 saturated heterocycles. The summed E-state index contributed by atoms with van der Waals surface area (Å²) in [4.78, 5) is 22.9. The minimum atomic E-state index is -0.813. The summed E-state index contributed by atoms with van der Waals surface area (Å²) in [5.41, 5.74) is 0.489. The zero-order valence-electron chi connectivity index (χ0n) is 10.8. The lowest BCUT2D eigenvalue weighted by Crippen LogP contribution is -2.25. The molecule has 3 atom stereocenters. The Bertz CT molecular complexity index is 681. The SMILES string of the molecule is CNc1ncc2[nH]c(=O)n([C@H]3C[C@@H](O)[C@H](CO)O3)c2n1. The van der Waals surface area contributed by atoms with Crippen molar-refractivity contribution in [3.8, 4) is 0 Å². The number of ether oxygens (including phenoxy) is 1. The van der Waals surface area contributed by atoms with E-state index < -0.39 is 24.1 Å². The Hall–Kier alpha value is -1.97. The normalized spacial score (nSPS) is 26.2. The van der Waals surface area contributed by atoms with Gasteiger partial charge in [-0.2, -0.15) is 4.98 Å². The third-order valence-corrected chi connectivity index (χ3v) is 3.35. The molecule has 0 amide bonds. The molecule has 1 fully saturated rings. The van der Waals surface area contributed by atoms with E-state index in [2.05, 4.69) is 20.3 Å². The van der Waals surface area contributed by atoms with Gasteiger partial charge in [-0.05, 0) is 0 Å². The first-order valence-corrected chi connectivity index (χ1v) is 6.23. The van der Waals surface area contributed by atoms with E-state index >= 15 is 0 Å². The van der Waals surface area contributed by atoms with Gasteiger partial charge in [0.2, 0.25) is 5.95 Å². The lowest BCUT2D eigenvalue weighted by atomic mass is 10.2. The molecule has 9 nitrogen and oxygen atoms in total. The minimum absolute atomic E-state index is 0.219. The molecule has 2 aromatic rings. The second kappa shape index (κ2) is 4.85. The second-order valence-electron chi connectivity index (χ2n) is 4.60. The van der Waals surface area contributed by atoms with E-state index in [9.17, 15) is 9.90 Å². The Labute approximate surface area is 113 Å². The molecule has 0 spiro atoms. The number of rotatable bonds is 3. The number of aromatic amines is 1. The van der Waals surface area contributed by atoms with Crippen LogP contribution in [-0.2, 0) is 4.74 Å². The lowest BCUT2D eigenvalue weighted by molar-refractivity contribution is -0.0441. The highest BCUT2D eigenvalue weighted by Gasteiger charge is 2.36. The molecule has 108 valence electrons. The fourth-order valence-electron chi connectivity index (χ4n) is 2.34. The molecular weight excluding hydrogens is 266 g/mol. The van der Waals surface area contributed by atoms with Crippen molar-refractivity contribution in [2.75, 3.05) is 19.0 Å². The predicted molar refractivity (Wildman–Crippen MR) is 69.3 cm³/mol. The molecule has 0 saturated carbocycles. The first-order valence-electron chi connectivity index (χ1n) is 6.23. The smallest absolute Gasteiger partial charge is 0.329 e. The van der Waals surface area contributed by atoms with Crippen molar-refractivity contribution in [1.29, 1.82) is 0 Å². The van der Waals surface area contributed by atoms with Crippen molar-refractivity contribution >= 4 is 17.1 Å². The first kappa shape index (κ1) is 13.0. The van der Waals surface area contributed by atoms with Gasteiger partial charge in [-0.15, -0.1) is 0 Å². The maximum atomic E-state index is 12.0. The number of hydrogen-bond acceptors (Lipinski definition) is 7. The summed E-state index contributed by atoms with van der Waals surface area (Å²) in [5, 5.41) is 21.7. The van der Waals surface area contributed by atoms with Crippen molar-refractivity contribution in [2.45, 2.75) is 24.9 Å². The van der Waals surface area contributed by atoms with Gasteiger partial charge >= 0.3 is 5.69 Å². The van der Waals surface area contributed by atoms with Crippen LogP contribution in [0.15, 0.2) is 11.0 Å². The largest absolute Gasteiger partial charge is 0.394 e. The van der Waals surface area contributed by atoms with Gasteiger partial charge in [0.05, 0.1) is 18.9 Å². The van der Waals surface area contributed by atoms with Gasteiger partial charge in [0.15, 0.2) is 5.65 Å². The second-order valence-corrected chi connectivity index (χ2v) is 4.60. The van der Waals surface area contributed by atoms with Crippen LogP contribution in [0.2, 0.25) is 0 Å². The van der Waals surface area contributed by atoms with Crippen LogP contribution >= 0.6 is 0 Å². The predicted octanol–water partition coefficient (Wildman–Crippen LogP) is -1.20. The molecule has 3 rings (SSSR count). The molecule has 3 heterocycles. The highest BCUT2D eigenvalue weighted by molar-refractivity contribution is 5.70. The van der Waals surface area contributed by atoms with Crippen molar-refractivity contribution in [3.05, 3.63) is 16.7 Å². The number of aliphatic hydroxyl groups excluding tert-OH is 2. The number of anilines is 1. The summed E-state index contributed by atoms with van der Waals surface area (Å²) in [6.45, 7) is -0.300. The van der Waals surface area contributed by atoms with Gasteiger partial charge in [-0.1, -0.05) is 0 Å². The summed E-state index contributed by atoms with van der Waals surface area (Å²) < 4.78 is 6.82. The summed E-state index contributed by atoms with van der Waals surface area (Å²) >= 11 is 0. The molecule has 2 aromatic heterocycles. The number of imidazole rings is 1. The van der Waals surface area contributed by atoms with E-state index in [1.54, 1.807) is 7.05 Å². The van der Waals surface area contributed by atoms with Crippen LogP contribution in [0.5, 0.6) is 0 Å². The highest BCUT2D eigenvalue weighted by Crippen LogP contribution is 2.29. The maximum Gasteiger partial charge on any atom is 0.329 e. The van der Waals surface area contributed by atoms with Crippen LogP contribution in [-0.4, -0.2) is 55.6 Å². The fraction of sp³-hybridized carbons (Fsp3) is 0.545. The quantitative estimate of drug-likeness (QED) is 0.557. The molecule has 1 aliphatic heterocycles. The van der Waals surface area contributed by atoms with Gasteiger partial charge in [0.1, 0.15) is 17.8 Å². The summed E-state index contributed by atoms with van der Waals surface area (Å²) in [7, 11) is 1.67. The van der Waals surface area contributed by atoms with Crippen LogP contribution in [0.25, 0.3) is 11.2 Å². The topological polar surface area (TPSA) is 125 Å². The van der Waals surface area contributed by atoms with Gasteiger partial charge in [0, 0.05) is 13.5 Å². The monoisotopic (exact) mass is 281 g/mol. The van der Waals surface area contributed by atoms with Gasteiger partial charge in [-0.25, -0.2) is 14.3 Å². The van der Waals surface area contributed by atoms with E-state index in [-0.39, 0.29) is 13.0 Å². The van der Waals surface area contributed by atoms with Crippen molar-refractivity contribution in [3.63, 3.8) is 0 Å². The Balaban J connectivity index is 2.07. The number of fused-ring (bicyclic) bond motifs is 1. The van der Waals surface area contributed by atoms with E-state index in [0.717, 1.165) is 0 Å². The van der Waals surface area contributed by atoms with E-state index in [4.69, 9.17) is 9.84 Å². The number of aliphatic hydroxyl groups is 2. The third-order valence-electron chi connectivity index (χ3n) is 3.35. The number of aromatic nitrogens is 4. The first-order chi connectivity index (χ1) is 9.63. The molecule has 0 unspecified atom stereocenters. The van der Waals surface area contributed by atoms with E-state index in [1.165, 1.54) is 10.8 Å². The zero-order chi connectivity index (χ0) is 14.3. The molecule has 20 heavy (non-hydrogen) atoms. The number of H-pyrrole nitrogens is 1. The fourth-order valence-corrected chi connectivity index (χ4v) is 2.34. The summed E-state index contributed by atoms with van der Waals surface area (Å²) in [6.07, 6.45) is -0.448. The molecule has 9 heteroatoms. The molecular formula is C11H15N5O4. The Morgan fingerprint density at radius 2 is 2.45 bits per heavy atom. The maximum absolute atomic E-state index is 12.0.